The fourth-order valence-electron chi connectivity index (χ4n) is 5.12. The van der Waals surface area contributed by atoms with Crippen molar-refractivity contribution >= 4 is 11.8 Å². The Kier molecular flexibility index (Phi) is 1.73. The van der Waals surface area contributed by atoms with Crippen molar-refractivity contribution in [3.63, 3.8) is 0 Å². The lowest BCUT2D eigenvalue weighted by Gasteiger charge is -2.35. The summed E-state index contributed by atoms with van der Waals surface area (Å²) in [7, 11) is 1.46. The van der Waals surface area contributed by atoms with Crippen LogP contribution in [0.1, 0.15) is 33.1 Å². The van der Waals surface area contributed by atoms with E-state index in [9.17, 15) is 9.59 Å². The standard InChI is InChI=1S/C13H18O3/c1-7-9(14)8-6-13(11(15)16-3)5-4-12(8,2)10(7)13/h7-8,10H,4-6H2,1-3H3/t7-,8+,10-,12+,13-/m1/s1. The van der Waals surface area contributed by atoms with Gasteiger partial charge < -0.3 is 4.74 Å². The second kappa shape index (κ2) is 2.69. The van der Waals surface area contributed by atoms with Crippen molar-refractivity contribution in [3.05, 3.63) is 0 Å². The van der Waals surface area contributed by atoms with E-state index in [1.54, 1.807) is 0 Å². The molecule has 3 aliphatic rings. The highest BCUT2D eigenvalue weighted by atomic mass is 16.5. The molecular weight excluding hydrogens is 204 g/mol. The van der Waals surface area contributed by atoms with Crippen LogP contribution < -0.4 is 0 Å². The maximum atomic E-state index is 12.1. The second-order valence-corrected chi connectivity index (χ2v) is 6.08. The van der Waals surface area contributed by atoms with Crippen molar-refractivity contribution in [1.82, 2.24) is 0 Å². The van der Waals surface area contributed by atoms with Crippen LogP contribution in [0.25, 0.3) is 0 Å². The van der Waals surface area contributed by atoms with Gasteiger partial charge in [-0.2, -0.15) is 0 Å². The van der Waals surface area contributed by atoms with Gasteiger partial charge in [-0.25, -0.2) is 0 Å². The fourth-order valence-corrected chi connectivity index (χ4v) is 5.12. The number of hydrogen-bond donors (Lipinski definition) is 0. The number of hydrogen-bond acceptors (Lipinski definition) is 3. The molecule has 3 aliphatic carbocycles. The molecule has 3 nitrogen and oxygen atoms in total. The van der Waals surface area contributed by atoms with E-state index in [4.69, 9.17) is 4.74 Å². The van der Waals surface area contributed by atoms with Crippen LogP contribution >= 0.6 is 0 Å². The summed E-state index contributed by atoms with van der Waals surface area (Å²) in [6, 6.07) is 0. The smallest absolute Gasteiger partial charge is 0.312 e. The van der Waals surface area contributed by atoms with Gasteiger partial charge in [-0.05, 0) is 30.6 Å². The summed E-state index contributed by atoms with van der Waals surface area (Å²) < 4.78 is 4.99. The van der Waals surface area contributed by atoms with Crippen molar-refractivity contribution in [1.29, 1.82) is 0 Å². The molecule has 0 amide bonds. The van der Waals surface area contributed by atoms with Gasteiger partial charge in [-0.3, -0.25) is 9.59 Å². The third-order valence-corrected chi connectivity index (χ3v) is 5.66. The van der Waals surface area contributed by atoms with Gasteiger partial charge in [0.1, 0.15) is 5.78 Å². The Balaban J connectivity index is 2.10. The Bertz CT molecular complexity index is 389. The van der Waals surface area contributed by atoms with Crippen LogP contribution in [0.5, 0.6) is 0 Å². The SMILES string of the molecule is COC(=O)[C@]12CC[C@@]3(C)[C@@H](C1)C(=O)[C@@H](C)[C@@H]23. The van der Waals surface area contributed by atoms with Crippen LogP contribution in [0.15, 0.2) is 0 Å². The van der Waals surface area contributed by atoms with Crippen LogP contribution in [-0.4, -0.2) is 18.9 Å². The minimum atomic E-state index is -0.332. The zero-order chi connectivity index (χ0) is 11.7. The van der Waals surface area contributed by atoms with Crippen molar-refractivity contribution in [2.24, 2.45) is 28.6 Å². The Hall–Kier alpha value is -0.860. The van der Waals surface area contributed by atoms with E-state index in [2.05, 4.69) is 6.92 Å². The van der Waals surface area contributed by atoms with E-state index in [1.807, 2.05) is 6.92 Å². The molecule has 0 aromatic carbocycles. The third kappa shape index (κ3) is 0.802. The molecule has 0 aromatic heterocycles. The number of Topliss-reactive ketones (excluding diaryl/α,β-unsaturated/α-hetero) is 1. The summed E-state index contributed by atoms with van der Waals surface area (Å²) in [4.78, 5) is 24.1. The third-order valence-electron chi connectivity index (χ3n) is 5.66. The van der Waals surface area contributed by atoms with E-state index in [1.165, 1.54) is 7.11 Å². The van der Waals surface area contributed by atoms with Gasteiger partial charge in [0.15, 0.2) is 0 Å². The molecule has 3 saturated carbocycles. The number of rotatable bonds is 1. The first-order chi connectivity index (χ1) is 7.47. The minimum absolute atomic E-state index is 0.0466. The van der Waals surface area contributed by atoms with E-state index >= 15 is 0 Å². The summed E-state index contributed by atoms with van der Waals surface area (Å²) in [5.74, 6) is 0.686. The largest absolute Gasteiger partial charge is 0.469 e. The Labute approximate surface area is 95.5 Å². The molecule has 16 heavy (non-hydrogen) atoms. The molecule has 0 N–H and O–H groups in total. The Morgan fingerprint density at radius 3 is 2.69 bits per heavy atom. The van der Waals surface area contributed by atoms with Gasteiger partial charge in [-0.1, -0.05) is 13.8 Å². The van der Waals surface area contributed by atoms with Gasteiger partial charge in [0.05, 0.1) is 12.5 Å². The summed E-state index contributed by atoms with van der Waals surface area (Å²) in [5.41, 5.74) is -0.258. The number of ether oxygens (including phenoxy) is 1. The first-order valence-electron chi connectivity index (χ1n) is 6.09. The summed E-state index contributed by atoms with van der Waals surface area (Å²) in [6.45, 7) is 4.19. The molecule has 5 atom stereocenters. The lowest BCUT2D eigenvalue weighted by molar-refractivity contribution is -0.158. The highest BCUT2D eigenvalue weighted by Crippen LogP contribution is 2.74. The van der Waals surface area contributed by atoms with Crippen LogP contribution in [0.4, 0.5) is 0 Å². The van der Waals surface area contributed by atoms with Gasteiger partial charge >= 0.3 is 5.97 Å². The van der Waals surface area contributed by atoms with Crippen LogP contribution in [0.2, 0.25) is 0 Å². The number of ketones is 1. The molecular formula is C13H18O3. The van der Waals surface area contributed by atoms with E-state index in [0.29, 0.717) is 5.78 Å². The lowest BCUT2D eigenvalue weighted by atomic mass is 9.68. The summed E-state index contributed by atoms with van der Waals surface area (Å²) in [5, 5.41) is 0. The average Bonchev–Trinajstić information content (AvgIpc) is 2.78. The maximum absolute atomic E-state index is 12.1. The zero-order valence-corrected chi connectivity index (χ0v) is 10.1. The molecule has 0 aromatic rings. The highest BCUT2D eigenvalue weighted by Gasteiger charge is 2.75. The van der Waals surface area contributed by atoms with Gasteiger partial charge in [0, 0.05) is 11.8 Å². The molecule has 4 bridgehead atoms. The van der Waals surface area contributed by atoms with Crippen molar-refractivity contribution in [3.8, 4) is 0 Å². The first-order valence-corrected chi connectivity index (χ1v) is 6.09. The Morgan fingerprint density at radius 1 is 1.44 bits per heavy atom. The molecule has 0 aliphatic heterocycles. The second-order valence-electron chi connectivity index (χ2n) is 6.08. The normalized spacial score (nSPS) is 53.4. The van der Waals surface area contributed by atoms with Gasteiger partial charge in [0.25, 0.3) is 0 Å². The van der Waals surface area contributed by atoms with E-state index < -0.39 is 0 Å². The number of esters is 1. The fraction of sp³-hybridized carbons (Fsp3) is 0.846. The predicted octanol–water partition coefficient (Wildman–Crippen LogP) is 1.80. The summed E-state index contributed by atoms with van der Waals surface area (Å²) >= 11 is 0. The van der Waals surface area contributed by atoms with Crippen LogP contribution in [0.3, 0.4) is 0 Å². The molecule has 3 heteroatoms. The molecule has 0 radical (unpaired) electrons. The van der Waals surface area contributed by atoms with Crippen LogP contribution in [0, 0.1) is 28.6 Å². The molecule has 0 heterocycles. The highest BCUT2D eigenvalue weighted by molar-refractivity contribution is 5.93. The van der Waals surface area contributed by atoms with Gasteiger partial charge in [0.2, 0.25) is 0 Å². The molecule has 0 saturated heterocycles. The first kappa shape index (κ1) is 10.3. The molecule has 3 rings (SSSR count). The molecule has 0 unspecified atom stereocenters. The molecule has 3 fully saturated rings. The summed E-state index contributed by atoms with van der Waals surface area (Å²) in [6.07, 6.45) is 2.66. The van der Waals surface area contributed by atoms with Crippen LogP contribution in [-0.2, 0) is 14.3 Å². The molecule has 0 spiro atoms. The van der Waals surface area contributed by atoms with Crippen molar-refractivity contribution in [2.75, 3.05) is 7.11 Å². The van der Waals surface area contributed by atoms with Crippen molar-refractivity contribution in [2.45, 2.75) is 33.1 Å². The topological polar surface area (TPSA) is 43.4 Å². The van der Waals surface area contributed by atoms with E-state index in [0.717, 1.165) is 19.3 Å². The number of carbonyl (C=O) groups excluding carboxylic acids is 2. The van der Waals surface area contributed by atoms with E-state index in [-0.39, 0.29) is 34.6 Å². The monoisotopic (exact) mass is 222 g/mol. The van der Waals surface area contributed by atoms with Crippen molar-refractivity contribution < 1.29 is 14.3 Å². The minimum Gasteiger partial charge on any atom is -0.469 e. The van der Waals surface area contributed by atoms with Gasteiger partial charge in [-0.15, -0.1) is 0 Å². The maximum Gasteiger partial charge on any atom is 0.312 e. The zero-order valence-electron chi connectivity index (χ0n) is 10.1. The number of methoxy groups -OCH3 is 1. The predicted molar refractivity (Wildman–Crippen MR) is 57.6 cm³/mol. The number of carbonyl (C=O) groups is 2. The lowest BCUT2D eigenvalue weighted by Crippen LogP contribution is -2.42. The quantitative estimate of drug-likeness (QED) is 0.635. The Morgan fingerprint density at radius 2 is 2.12 bits per heavy atom. The average molecular weight is 222 g/mol. The molecule has 88 valence electrons.